The van der Waals surface area contributed by atoms with Crippen LogP contribution in [0.5, 0.6) is 5.75 Å². The number of benzene rings is 2. The van der Waals surface area contributed by atoms with Crippen LogP contribution < -0.4 is 10.1 Å². The third kappa shape index (κ3) is 3.52. The van der Waals surface area contributed by atoms with Crippen molar-refractivity contribution < 1.29 is 9.53 Å². The van der Waals surface area contributed by atoms with Gasteiger partial charge in [0.2, 0.25) is 5.91 Å². The number of aryl methyl sites for hydroxylation is 2. The van der Waals surface area contributed by atoms with Gasteiger partial charge in [-0.05, 0) is 25.1 Å². The number of fused-ring (bicyclic) bond motifs is 1. The summed E-state index contributed by atoms with van der Waals surface area (Å²) in [6, 6.07) is 16.4. The van der Waals surface area contributed by atoms with Gasteiger partial charge in [-0.2, -0.15) is 5.26 Å². The molecule has 0 aliphatic carbocycles. The second-order valence-corrected chi connectivity index (χ2v) is 5.92. The van der Waals surface area contributed by atoms with Gasteiger partial charge in [-0.1, -0.05) is 30.3 Å². The number of para-hydroxylation sites is 3. The predicted octanol–water partition coefficient (Wildman–Crippen LogP) is 3.12. The van der Waals surface area contributed by atoms with Crippen molar-refractivity contribution in [1.82, 2.24) is 14.9 Å². The zero-order valence-electron chi connectivity index (χ0n) is 14.8. The van der Waals surface area contributed by atoms with E-state index in [4.69, 9.17) is 4.74 Å². The summed E-state index contributed by atoms with van der Waals surface area (Å²) in [6.07, 6.45) is 0.258. The number of nitrogens with zero attached hydrogens (tertiary/aromatic N) is 3. The number of imidazole rings is 1. The Morgan fingerprint density at radius 1 is 1.27 bits per heavy atom. The lowest BCUT2D eigenvalue weighted by molar-refractivity contribution is -0.121. The lowest BCUT2D eigenvalue weighted by atomic mass is 10.1. The molecule has 3 rings (SSSR count). The van der Waals surface area contributed by atoms with E-state index < -0.39 is 6.04 Å². The fourth-order valence-corrected chi connectivity index (χ4v) is 3.01. The number of nitrogens with one attached hydrogen (secondary N) is 1. The molecule has 1 N–H and O–H groups in total. The molecule has 1 atom stereocenters. The van der Waals surface area contributed by atoms with Crippen LogP contribution in [0, 0.1) is 18.3 Å². The zero-order valence-corrected chi connectivity index (χ0v) is 14.8. The van der Waals surface area contributed by atoms with Crippen molar-refractivity contribution in [3.63, 3.8) is 0 Å². The van der Waals surface area contributed by atoms with Gasteiger partial charge in [0, 0.05) is 18.5 Å². The number of ether oxygens (including phenoxy) is 1. The van der Waals surface area contributed by atoms with E-state index in [1.165, 1.54) is 0 Å². The zero-order chi connectivity index (χ0) is 18.5. The van der Waals surface area contributed by atoms with E-state index in [9.17, 15) is 10.1 Å². The molecule has 3 aromatic rings. The van der Waals surface area contributed by atoms with Crippen molar-refractivity contribution in [1.29, 1.82) is 5.26 Å². The molecular weight excluding hydrogens is 328 g/mol. The molecule has 1 amide bonds. The molecule has 0 spiro atoms. The molecule has 6 heteroatoms. The Bertz CT molecular complexity index is 971. The summed E-state index contributed by atoms with van der Waals surface area (Å²) in [6.45, 7) is 2.42. The molecule has 0 aliphatic rings. The van der Waals surface area contributed by atoms with Crippen molar-refractivity contribution in [2.75, 3.05) is 7.11 Å². The molecular formula is C20H20N4O2. The Morgan fingerprint density at radius 2 is 2.00 bits per heavy atom. The van der Waals surface area contributed by atoms with Crippen LogP contribution in [0.25, 0.3) is 11.0 Å². The van der Waals surface area contributed by atoms with Crippen molar-refractivity contribution in [3.05, 3.63) is 59.9 Å². The first-order valence-electron chi connectivity index (χ1n) is 8.38. The largest absolute Gasteiger partial charge is 0.496 e. The van der Waals surface area contributed by atoms with Crippen LogP contribution in [-0.2, 0) is 11.3 Å². The predicted molar refractivity (Wildman–Crippen MR) is 98.6 cm³/mol. The van der Waals surface area contributed by atoms with E-state index >= 15 is 0 Å². The van der Waals surface area contributed by atoms with Crippen molar-refractivity contribution in [2.24, 2.45) is 0 Å². The summed E-state index contributed by atoms with van der Waals surface area (Å²) in [4.78, 5) is 16.9. The smallest absolute Gasteiger partial charge is 0.223 e. The Kier molecular flexibility index (Phi) is 5.18. The number of carbonyl (C=O) groups is 1. The number of aromatic nitrogens is 2. The fraction of sp³-hybridized carbons (Fsp3) is 0.250. The van der Waals surface area contributed by atoms with Gasteiger partial charge in [0.05, 0.1) is 24.2 Å². The van der Waals surface area contributed by atoms with Crippen molar-refractivity contribution in [3.8, 4) is 11.8 Å². The van der Waals surface area contributed by atoms with E-state index in [2.05, 4.69) is 16.4 Å². The molecule has 1 aromatic heterocycles. The molecule has 0 saturated carbocycles. The molecule has 0 bridgehead atoms. The summed E-state index contributed by atoms with van der Waals surface area (Å²) < 4.78 is 7.29. The van der Waals surface area contributed by atoms with Gasteiger partial charge >= 0.3 is 0 Å². The normalized spacial score (nSPS) is 11.7. The molecule has 132 valence electrons. The average Bonchev–Trinajstić information content (AvgIpc) is 2.99. The van der Waals surface area contributed by atoms with Crippen molar-refractivity contribution in [2.45, 2.75) is 25.9 Å². The standard InChI is InChI=1S/C20H20N4O2/c1-14-22-16-8-4-5-9-18(16)24(14)12-11-20(25)23-17(13-21)15-7-3-6-10-19(15)26-2/h3-10,17H,11-12H2,1-2H3,(H,23,25). The van der Waals surface area contributed by atoms with Gasteiger partial charge in [0.1, 0.15) is 17.6 Å². The molecule has 1 heterocycles. The van der Waals surface area contributed by atoms with E-state index in [1.807, 2.05) is 47.9 Å². The molecule has 6 nitrogen and oxygen atoms in total. The van der Waals surface area contributed by atoms with E-state index in [0.717, 1.165) is 16.9 Å². The highest BCUT2D eigenvalue weighted by Crippen LogP contribution is 2.24. The molecule has 0 aliphatic heterocycles. The molecule has 0 saturated heterocycles. The number of methoxy groups -OCH3 is 1. The van der Waals surface area contributed by atoms with Gasteiger partial charge < -0.3 is 14.6 Å². The second kappa shape index (κ2) is 7.70. The molecule has 0 radical (unpaired) electrons. The molecule has 0 fully saturated rings. The highest BCUT2D eigenvalue weighted by molar-refractivity contribution is 5.78. The number of hydrogen-bond acceptors (Lipinski definition) is 4. The lowest BCUT2D eigenvalue weighted by Crippen LogP contribution is -2.28. The SMILES string of the molecule is COc1ccccc1C(C#N)NC(=O)CCn1c(C)nc2ccccc21. The summed E-state index contributed by atoms with van der Waals surface area (Å²) in [5.74, 6) is 1.25. The Labute approximate surface area is 152 Å². The summed E-state index contributed by atoms with van der Waals surface area (Å²) in [5.41, 5.74) is 2.56. The number of rotatable bonds is 6. The first kappa shape index (κ1) is 17.5. The number of carbonyl (C=O) groups excluding carboxylic acids is 1. The maximum absolute atomic E-state index is 12.4. The average molecular weight is 348 g/mol. The summed E-state index contributed by atoms with van der Waals surface area (Å²) >= 11 is 0. The minimum atomic E-state index is -0.751. The van der Waals surface area contributed by atoms with Crippen LogP contribution in [0.15, 0.2) is 48.5 Å². The van der Waals surface area contributed by atoms with Gasteiger partial charge in [-0.15, -0.1) is 0 Å². The molecule has 26 heavy (non-hydrogen) atoms. The second-order valence-electron chi connectivity index (χ2n) is 5.92. The van der Waals surface area contributed by atoms with Crippen molar-refractivity contribution >= 4 is 16.9 Å². The summed E-state index contributed by atoms with van der Waals surface area (Å²) in [5, 5.41) is 12.2. The summed E-state index contributed by atoms with van der Waals surface area (Å²) in [7, 11) is 1.54. The Morgan fingerprint density at radius 3 is 2.77 bits per heavy atom. The number of nitriles is 1. The quantitative estimate of drug-likeness (QED) is 0.742. The third-order valence-electron chi connectivity index (χ3n) is 4.29. The highest BCUT2D eigenvalue weighted by Gasteiger charge is 2.18. The first-order valence-corrected chi connectivity index (χ1v) is 8.38. The van der Waals surface area contributed by atoms with Crippen LogP contribution in [0.3, 0.4) is 0 Å². The lowest BCUT2D eigenvalue weighted by Gasteiger charge is -2.15. The van der Waals surface area contributed by atoms with Gasteiger partial charge in [-0.25, -0.2) is 4.98 Å². The monoisotopic (exact) mass is 348 g/mol. The fourth-order valence-electron chi connectivity index (χ4n) is 3.01. The van der Waals surface area contributed by atoms with Gasteiger partial charge in [0.15, 0.2) is 0 Å². The van der Waals surface area contributed by atoms with Crippen LogP contribution in [0.1, 0.15) is 23.9 Å². The van der Waals surface area contributed by atoms with E-state index in [-0.39, 0.29) is 12.3 Å². The topological polar surface area (TPSA) is 79.9 Å². The number of amides is 1. The van der Waals surface area contributed by atoms with Crippen LogP contribution >= 0.6 is 0 Å². The van der Waals surface area contributed by atoms with Crippen LogP contribution in [0.4, 0.5) is 0 Å². The van der Waals surface area contributed by atoms with E-state index in [0.29, 0.717) is 17.9 Å². The van der Waals surface area contributed by atoms with Gasteiger partial charge in [0.25, 0.3) is 0 Å². The maximum Gasteiger partial charge on any atom is 0.223 e. The van der Waals surface area contributed by atoms with Gasteiger partial charge in [-0.3, -0.25) is 4.79 Å². The Balaban J connectivity index is 1.70. The minimum Gasteiger partial charge on any atom is -0.496 e. The third-order valence-corrected chi connectivity index (χ3v) is 4.29. The number of hydrogen-bond donors (Lipinski definition) is 1. The minimum absolute atomic E-state index is 0.195. The maximum atomic E-state index is 12.4. The Hall–Kier alpha value is -3.33. The van der Waals surface area contributed by atoms with Crippen LogP contribution in [-0.4, -0.2) is 22.6 Å². The highest BCUT2D eigenvalue weighted by atomic mass is 16.5. The van der Waals surface area contributed by atoms with E-state index in [1.54, 1.807) is 19.2 Å². The molecule has 2 aromatic carbocycles. The van der Waals surface area contributed by atoms with Crippen LogP contribution in [0.2, 0.25) is 0 Å². The first-order chi connectivity index (χ1) is 12.6. The molecule has 1 unspecified atom stereocenters.